The highest BCUT2D eigenvalue weighted by atomic mass is 32.2. The molecule has 0 fully saturated rings. The fourth-order valence-electron chi connectivity index (χ4n) is 1.44. The Kier molecular flexibility index (Phi) is 4.59. The lowest BCUT2D eigenvalue weighted by atomic mass is 10.1. The highest BCUT2D eigenvalue weighted by Crippen LogP contribution is 2.27. The molecule has 18 heavy (non-hydrogen) atoms. The Morgan fingerprint density at radius 2 is 1.83 bits per heavy atom. The fourth-order valence-corrected chi connectivity index (χ4v) is 2.12. The number of anilines is 1. The second-order valence-corrected chi connectivity index (χ2v) is 6.14. The van der Waals surface area contributed by atoms with Crippen molar-refractivity contribution in [3.8, 4) is 5.75 Å². The molecule has 0 saturated heterocycles. The molecule has 0 radical (unpaired) electrons. The van der Waals surface area contributed by atoms with E-state index in [2.05, 4.69) is 4.72 Å². The molecule has 0 heterocycles. The first-order valence-corrected chi connectivity index (χ1v) is 7.16. The van der Waals surface area contributed by atoms with E-state index in [1.807, 2.05) is 26.8 Å². The lowest BCUT2D eigenvalue weighted by molar-refractivity contribution is 0.337. The van der Waals surface area contributed by atoms with Crippen LogP contribution in [-0.4, -0.2) is 33.4 Å². The van der Waals surface area contributed by atoms with Crippen LogP contribution in [0.4, 0.5) is 5.69 Å². The second-order valence-electron chi connectivity index (χ2n) is 4.26. The molecule has 102 valence electrons. The molecule has 1 rings (SSSR count). The summed E-state index contributed by atoms with van der Waals surface area (Å²) >= 11 is 0. The molecular weight excluding hydrogens is 252 g/mol. The Bertz CT molecular complexity index is 524. The summed E-state index contributed by atoms with van der Waals surface area (Å²) in [5.41, 5.74) is 2.30. The molecule has 0 saturated carbocycles. The number of rotatable bonds is 5. The van der Waals surface area contributed by atoms with Crippen molar-refractivity contribution in [2.75, 3.05) is 25.4 Å². The highest BCUT2D eigenvalue weighted by molar-refractivity contribution is 7.90. The molecule has 0 aliphatic heterocycles. The van der Waals surface area contributed by atoms with Crippen molar-refractivity contribution < 1.29 is 13.2 Å². The lowest BCUT2D eigenvalue weighted by Crippen LogP contribution is -2.29. The normalized spacial score (nSPS) is 11.7. The summed E-state index contributed by atoms with van der Waals surface area (Å²) in [6.07, 6.45) is 0. The van der Waals surface area contributed by atoms with Gasteiger partial charge in [0.2, 0.25) is 0 Å². The zero-order chi connectivity index (χ0) is 13.9. The molecule has 1 N–H and O–H groups in total. The molecule has 0 unspecified atom stereocenters. The summed E-state index contributed by atoms with van der Waals surface area (Å²) in [5, 5.41) is 0. The maximum atomic E-state index is 11.8. The van der Waals surface area contributed by atoms with E-state index < -0.39 is 10.2 Å². The van der Waals surface area contributed by atoms with Crippen LogP contribution < -0.4 is 9.46 Å². The maximum absolute atomic E-state index is 11.8. The van der Waals surface area contributed by atoms with Gasteiger partial charge in [-0.3, -0.25) is 4.72 Å². The minimum Gasteiger partial charge on any atom is -0.494 e. The molecule has 6 heteroatoms. The van der Waals surface area contributed by atoms with Gasteiger partial charge >= 0.3 is 10.2 Å². The van der Waals surface area contributed by atoms with Crippen LogP contribution in [-0.2, 0) is 10.2 Å². The van der Waals surface area contributed by atoms with E-state index in [0.29, 0.717) is 12.3 Å². The molecule has 5 nitrogen and oxygen atoms in total. The average molecular weight is 272 g/mol. The molecule has 0 spiro atoms. The maximum Gasteiger partial charge on any atom is 0.301 e. The van der Waals surface area contributed by atoms with E-state index in [1.54, 1.807) is 6.07 Å². The summed E-state index contributed by atoms with van der Waals surface area (Å²) < 4.78 is 32.7. The third-order valence-electron chi connectivity index (χ3n) is 2.54. The standard InChI is InChI=1S/C12H20N2O3S/c1-6-17-12-8-9(2)11(7-10(12)3)13-18(15,16)14(4)5/h7-8,13H,6H2,1-5H3. The van der Waals surface area contributed by atoms with Gasteiger partial charge in [-0.2, -0.15) is 12.7 Å². The van der Waals surface area contributed by atoms with Gasteiger partial charge < -0.3 is 4.74 Å². The van der Waals surface area contributed by atoms with Crippen LogP contribution in [0.5, 0.6) is 5.75 Å². The largest absolute Gasteiger partial charge is 0.494 e. The predicted octanol–water partition coefficient (Wildman–Crippen LogP) is 1.92. The molecule has 0 bridgehead atoms. The summed E-state index contributed by atoms with van der Waals surface area (Å²) in [6, 6.07) is 3.62. The molecule has 1 aromatic carbocycles. The molecule has 0 aliphatic rings. The number of ether oxygens (including phenoxy) is 1. The van der Waals surface area contributed by atoms with E-state index in [9.17, 15) is 8.42 Å². The van der Waals surface area contributed by atoms with Crippen molar-refractivity contribution in [1.82, 2.24) is 4.31 Å². The minimum absolute atomic E-state index is 0.574. The van der Waals surface area contributed by atoms with E-state index in [0.717, 1.165) is 21.2 Å². The second kappa shape index (κ2) is 5.58. The number of hydrogen-bond donors (Lipinski definition) is 1. The number of benzene rings is 1. The van der Waals surface area contributed by atoms with Crippen molar-refractivity contribution in [3.63, 3.8) is 0 Å². The Morgan fingerprint density at radius 1 is 1.22 bits per heavy atom. The fraction of sp³-hybridized carbons (Fsp3) is 0.500. The minimum atomic E-state index is -3.47. The Balaban J connectivity index is 3.09. The summed E-state index contributed by atoms with van der Waals surface area (Å²) in [4.78, 5) is 0. The zero-order valence-corrected chi connectivity index (χ0v) is 12.3. The van der Waals surface area contributed by atoms with Crippen LogP contribution in [0.1, 0.15) is 18.1 Å². The molecule has 0 atom stereocenters. The van der Waals surface area contributed by atoms with Crippen molar-refractivity contribution in [1.29, 1.82) is 0 Å². The quantitative estimate of drug-likeness (QED) is 0.891. The topological polar surface area (TPSA) is 58.6 Å². The third-order valence-corrected chi connectivity index (χ3v) is 3.98. The van der Waals surface area contributed by atoms with Gasteiger partial charge in [-0.15, -0.1) is 0 Å². The smallest absolute Gasteiger partial charge is 0.301 e. The predicted molar refractivity (Wildman–Crippen MR) is 73.3 cm³/mol. The Morgan fingerprint density at radius 3 is 2.33 bits per heavy atom. The summed E-state index contributed by atoms with van der Waals surface area (Å²) in [6.45, 7) is 6.23. The highest BCUT2D eigenvalue weighted by Gasteiger charge is 2.15. The molecular formula is C12H20N2O3S. The van der Waals surface area contributed by atoms with Gasteiger partial charge in [0, 0.05) is 14.1 Å². The van der Waals surface area contributed by atoms with Crippen LogP contribution in [0.15, 0.2) is 12.1 Å². The average Bonchev–Trinajstić information content (AvgIpc) is 2.25. The molecule has 0 aliphatic carbocycles. The van der Waals surface area contributed by atoms with Gasteiger partial charge in [-0.05, 0) is 44.0 Å². The van der Waals surface area contributed by atoms with Crippen molar-refractivity contribution in [2.24, 2.45) is 0 Å². The first-order valence-electron chi connectivity index (χ1n) is 5.72. The van der Waals surface area contributed by atoms with Crippen LogP contribution in [0, 0.1) is 13.8 Å². The summed E-state index contributed by atoms with van der Waals surface area (Å²) in [7, 11) is -0.503. The molecule has 0 amide bonds. The number of hydrogen-bond acceptors (Lipinski definition) is 3. The van der Waals surface area contributed by atoms with Gasteiger partial charge in [0.15, 0.2) is 0 Å². The monoisotopic (exact) mass is 272 g/mol. The van der Waals surface area contributed by atoms with Crippen molar-refractivity contribution >= 4 is 15.9 Å². The van der Waals surface area contributed by atoms with E-state index >= 15 is 0 Å². The van der Waals surface area contributed by atoms with Crippen LogP contribution in [0.2, 0.25) is 0 Å². The van der Waals surface area contributed by atoms with Crippen LogP contribution in [0.25, 0.3) is 0 Å². The van der Waals surface area contributed by atoms with Crippen LogP contribution >= 0.6 is 0 Å². The number of nitrogens with zero attached hydrogens (tertiary/aromatic N) is 1. The van der Waals surface area contributed by atoms with Gasteiger partial charge in [0.1, 0.15) is 5.75 Å². The summed E-state index contributed by atoms with van der Waals surface area (Å²) in [5.74, 6) is 0.780. The van der Waals surface area contributed by atoms with E-state index in [-0.39, 0.29) is 0 Å². The lowest BCUT2D eigenvalue weighted by Gasteiger charge is -2.17. The van der Waals surface area contributed by atoms with Gasteiger partial charge in [-0.25, -0.2) is 0 Å². The Hall–Kier alpha value is -1.27. The SMILES string of the molecule is CCOc1cc(C)c(NS(=O)(=O)N(C)C)cc1C. The zero-order valence-electron chi connectivity index (χ0n) is 11.4. The first kappa shape index (κ1) is 14.8. The Labute approximate surface area is 109 Å². The van der Waals surface area contributed by atoms with E-state index in [4.69, 9.17) is 4.74 Å². The van der Waals surface area contributed by atoms with Gasteiger partial charge in [-0.1, -0.05) is 0 Å². The first-order chi connectivity index (χ1) is 8.27. The van der Waals surface area contributed by atoms with Gasteiger partial charge in [0.05, 0.1) is 12.3 Å². The molecule has 0 aromatic heterocycles. The molecule has 1 aromatic rings. The van der Waals surface area contributed by atoms with Crippen molar-refractivity contribution in [2.45, 2.75) is 20.8 Å². The number of nitrogens with one attached hydrogen (secondary N) is 1. The van der Waals surface area contributed by atoms with Gasteiger partial charge in [0.25, 0.3) is 0 Å². The van der Waals surface area contributed by atoms with E-state index in [1.165, 1.54) is 14.1 Å². The third kappa shape index (κ3) is 3.36. The van der Waals surface area contributed by atoms with Crippen LogP contribution in [0.3, 0.4) is 0 Å². The number of aryl methyl sites for hydroxylation is 2. The van der Waals surface area contributed by atoms with Crippen molar-refractivity contribution in [3.05, 3.63) is 23.3 Å².